The molecule has 0 saturated carbocycles. The maximum atomic E-state index is 5.79. The number of halogens is 1. The van der Waals surface area contributed by atoms with Crippen molar-refractivity contribution in [3.63, 3.8) is 0 Å². The largest absolute Gasteiger partial charge is 0.497 e. The third-order valence-electron chi connectivity index (χ3n) is 4.07. The minimum atomic E-state index is 0. The minimum absolute atomic E-state index is 0. The Bertz CT molecular complexity index is 760. The molecule has 0 amide bonds. The molecule has 1 aromatic heterocycles. The summed E-state index contributed by atoms with van der Waals surface area (Å²) in [4.78, 5) is 6.65. The van der Waals surface area contributed by atoms with Gasteiger partial charge in [0.05, 0.1) is 13.7 Å². The normalized spacial score (nSPS) is 10.8. The van der Waals surface area contributed by atoms with Crippen LogP contribution >= 0.6 is 24.0 Å². The molecule has 1 aromatic carbocycles. The maximum Gasteiger partial charge on any atom is 0.194 e. The summed E-state index contributed by atoms with van der Waals surface area (Å²) in [6.45, 7) is 7.93. The Morgan fingerprint density at radius 2 is 1.96 bits per heavy atom. The van der Waals surface area contributed by atoms with Crippen LogP contribution in [0.3, 0.4) is 0 Å². The summed E-state index contributed by atoms with van der Waals surface area (Å²) in [5.74, 6) is 4.04. The van der Waals surface area contributed by atoms with Crippen LogP contribution in [0.15, 0.2) is 41.9 Å². The predicted octanol–water partition coefficient (Wildman–Crippen LogP) is 2.39. The van der Waals surface area contributed by atoms with E-state index in [1.165, 1.54) is 0 Å². The molecule has 8 nitrogen and oxygen atoms in total. The lowest BCUT2D eigenvalue weighted by Crippen LogP contribution is -2.41. The molecule has 0 spiro atoms. The van der Waals surface area contributed by atoms with E-state index >= 15 is 0 Å². The molecule has 28 heavy (non-hydrogen) atoms. The SMILES string of the molecule is C=CCNC(=NCc1nnc(C)n1C)N(C)CCOc1ccc(OC)cc1.I. The van der Waals surface area contributed by atoms with Gasteiger partial charge in [0, 0.05) is 20.6 Å². The molecular weight excluding hydrogens is 471 g/mol. The van der Waals surface area contributed by atoms with Crippen molar-refractivity contribution < 1.29 is 9.47 Å². The molecule has 2 aromatic rings. The van der Waals surface area contributed by atoms with Crippen molar-refractivity contribution in [3.05, 3.63) is 48.6 Å². The van der Waals surface area contributed by atoms with Gasteiger partial charge in [0.2, 0.25) is 0 Å². The van der Waals surface area contributed by atoms with E-state index in [2.05, 4.69) is 27.1 Å². The predicted molar refractivity (Wildman–Crippen MR) is 122 cm³/mol. The Morgan fingerprint density at radius 3 is 2.54 bits per heavy atom. The number of aryl methyl sites for hydroxylation is 1. The number of ether oxygens (including phenoxy) is 2. The lowest BCUT2D eigenvalue weighted by atomic mass is 10.3. The molecule has 1 heterocycles. The number of likely N-dealkylation sites (N-methyl/N-ethyl adjacent to an activating group) is 1. The van der Waals surface area contributed by atoms with E-state index in [1.54, 1.807) is 13.2 Å². The summed E-state index contributed by atoms with van der Waals surface area (Å²) in [6.07, 6.45) is 1.80. The number of aromatic nitrogens is 3. The summed E-state index contributed by atoms with van der Waals surface area (Å²) < 4.78 is 12.9. The van der Waals surface area contributed by atoms with Crippen molar-refractivity contribution in [3.8, 4) is 11.5 Å². The summed E-state index contributed by atoms with van der Waals surface area (Å²) in [6, 6.07) is 7.53. The standard InChI is InChI=1S/C19H28N6O2.HI/c1-6-11-20-19(21-14-18-23-22-15(2)25(18)4)24(3)12-13-27-17-9-7-16(26-5)8-10-17;/h6-10H,1,11-14H2,2-5H3,(H,20,21);1H. The van der Waals surface area contributed by atoms with Gasteiger partial charge in [-0.15, -0.1) is 40.8 Å². The molecule has 0 aliphatic carbocycles. The van der Waals surface area contributed by atoms with Crippen LogP contribution in [0.2, 0.25) is 0 Å². The number of aliphatic imine (C=N–C) groups is 1. The molecule has 9 heteroatoms. The summed E-state index contributed by atoms with van der Waals surface area (Å²) in [7, 11) is 5.54. The summed E-state index contributed by atoms with van der Waals surface area (Å²) in [5, 5.41) is 11.5. The van der Waals surface area contributed by atoms with Gasteiger partial charge in [-0.25, -0.2) is 4.99 Å². The second-order valence-corrected chi connectivity index (χ2v) is 5.98. The molecule has 0 unspecified atom stereocenters. The van der Waals surface area contributed by atoms with E-state index in [0.717, 1.165) is 29.1 Å². The molecule has 0 aliphatic heterocycles. The van der Waals surface area contributed by atoms with Crippen molar-refractivity contribution in [1.82, 2.24) is 25.0 Å². The van der Waals surface area contributed by atoms with Gasteiger partial charge < -0.3 is 24.3 Å². The van der Waals surface area contributed by atoms with E-state index < -0.39 is 0 Å². The first kappa shape index (κ1) is 23.7. The zero-order valence-electron chi connectivity index (χ0n) is 16.9. The van der Waals surface area contributed by atoms with Crippen molar-refractivity contribution in [1.29, 1.82) is 0 Å². The van der Waals surface area contributed by atoms with Crippen molar-refractivity contribution in [2.75, 3.05) is 33.9 Å². The molecular formula is C19H29IN6O2. The maximum absolute atomic E-state index is 5.79. The topological polar surface area (TPSA) is 76.8 Å². The number of nitrogens with one attached hydrogen (secondary N) is 1. The first-order chi connectivity index (χ1) is 13.0. The molecule has 0 bridgehead atoms. The van der Waals surface area contributed by atoms with Crippen LogP contribution in [0.4, 0.5) is 0 Å². The zero-order valence-corrected chi connectivity index (χ0v) is 19.2. The fraction of sp³-hybridized carbons (Fsp3) is 0.421. The number of rotatable bonds is 9. The first-order valence-corrected chi connectivity index (χ1v) is 8.77. The monoisotopic (exact) mass is 500 g/mol. The van der Waals surface area contributed by atoms with E-state index in [0.29, 0.717) is 26.2 Å². The molecule has 0 saturated heterocycles. The van der Waals surface area contributed by atoms with E-state index in [4.69, 9.17) is 9.47 Å². The Hall–Kier alpha value is -2.30. The van der Waals surface area contributed by atoms with Crippen molar-refractivity contribution in [2.45, 2.75) is 13.5 Å². The molecule has 154 valence electrons. The van der Waals surface area contributed by atoms with Crippen LogP contribution in [0.1, 0.15) is 11.6 Å². The lowest BCUT2D eigenvalue weighted by Gasteiger charge is -2.22. The molecule has 2 rings (SSSR count). The number of hydrogen-bond donors (Lipinski definition) is 1. The molecule has 1 N–H and O–H groups in total. The summed E-state index contributed by atoms with van der Waals surface area (Å²) >= 11 is 0. The van der Waals surface area contributed by atoms with Crippen molar-refractivity contribution in [2.24, 2.45) is 12.0 Å². The molecule has 0 radical (unpaired) electrons. The highest BCUT2D eigenvalue weighted by Crippen LogP contribution is 2.16. The second kappa shape index (κ2) is 12.2. The minimum Gasteiger partial charge on any atom is -0.497 e. The quantitative estimate of drug-likeness (QED) is 0.247. The number of guanidine groups is 1. The van der Waals surface area contributed by atoms with E-state index in [9.17, 15) is 0 Å². The van der Waals surface area contributed by atoms with Gasteiger partial charge in [-0.05, 0) is 31.2 Å². The third kappa shape index (κ3) is 7.02. The van der Waals surface area contributed by atoms with Gasteiger partial charge in [-0.3, -0.25) is 0 Å². The van der Waals surface area contributed by atoms with Gasteiger partial charge >= 0.3 is 0 Å². The highest BCUT2D eigenvalue weighted by atomic mass is 127. The highest BCUT2D eigenvalue weighted by Gasteiger charge is 2.09. The number of benzene rings is 1. The van der Waals surface area contributed by atoms with Crippen LogP contribution in [0, 0.1) is 6.92 Å². The second-order valence-electron chi connectivity index (χ2n) is 5.98. The van der Waals surface area contributed by atoms with Crippen LogP contribution in [0.5, 0.6) is 11.5 Å². The van der Waals surface area contributed by atoms with E-state index in [-0.39, 0.29) is 24.0 Å². The van der Waals surface area contributed by atoms with E-state index in [1.807, 2.05) is 54.8 Å². The Labute approximate surface area is 183 Å². The average molecular weight is 500 g/mol. The number of methoxy groups -OCH3 is 1. The van der Waals surface area contributed by atoms with Gasteiger partial charge in [0.25, 0.3) is 0 Å². The Kier molecular flexibility index (Phi) is 10.4. The van der Waals surface area contributed by atoms with Crippen molar-refractivity contribution >= 4 is 29.9 Å². The number of hydrogen-bond acceptors (Lipinski definition) is 5. The lowest BCUT2D eigenvalue weighted by molar-refractivity contribution is 0.281. The van der Waals surface area contributed by atoms with Crippen LogP contribution in [0.25, 0.3) is 0 Å². The third-order valence-corrected chi connectivity index (χ3v) is 4.07. The average Bonchev–Trinajstić information content (AvgIpc) is 3.00. The smallest absolute Gasteiger partial charge is 0.194 e. The van der Waals surface area contributed by atoms with Crippen LogP contribution < -0.4 is 14.8 Å². The number of nitrogens with zero attached hydrogens (tertiary/aromatic N) is 5. The Balaban J connectivity index is 0.00000392. The van der Waals surface area contributed by atoms with Crippen LogP contribution in [-0.2, 0) is 13.6 Å². The first-order valence-electron chi connectivity index (χ1n) is 8.77. The summed E-state index contributed by atoms with van der Waals surface area (Å²) in [5.41, 5.74) is 0. The van der Waals surface area contributed by atoms with Gasteiger partial charge in [-0.1, -0.05) is 6.08 Å². The van der Waals surface area contributed by atoms with Gasteiger partial charge in [-0.2, -0.15) is 0 Å². The fourth-order valence-electron chi connectivity index (χ4n) is 2.29. The Morgan fingerprint density at radius 1 is 1.29 bits per heavy atom. The molecule has 0 fully saturated rings. The molecule has 0 aliphatic rings. The highest BCUT2D eigenvalue weighted by molar-refractivity contribution is 14.0. The van der Waals surface area contributed by atoms with Gasteiger partial charge in [0.1, 0.15) is 30.5 Å². The zero-order chi connectivity index (χ0) is 19.6. The van der Waals surface area contributed by atoms with Crippen LogP contribution in [-0.4, -0.2) is 59.5 Å². The van der Waals surface area contributed by atoms with Gasteiger partial charge in [0.15, 0.2) is 11.8 Å². The fourth-order valence-corrected chi connectivity index (χ4v) is 2.29. The molecule has 0 atom stereocenters.